The fraction of sp³-hybridized carbons (Fsp3) is 0.929. The highest BCUT2D eigenvalue weighted by Gasteiger charge is 2.40. The van der Waals surface area contributed by atoms with Gasteiger partial charge in [0.05, 0.1) is 5.54 Å². The first-order chi connectivity index (χ1) is 8.13. The Hall–Kier alpha value is -0.570. The van der Waals surface area contributed by atoms with Gasteiger partial charge in [-0.1, -0.05) is 38.5 Å². The number of carbonyl (C=O) groups excluding carboxylic acids is 1. The summed E-state index contributed by atoms with van der Waals surface area (Å²) in [7, 11) is 1.96. The van der Waals surface area contributed by atoms with Crippen LogP contribution < -0.4 is 5.73 Å². The number of rotatable bonds is 2. The molecule has 98 valence electrons. The van der Waals surface area contributed by atoms with Crippen molar-refractivity contribution in [1.82, 2.24) is 4.90 Å². The summed E-state index contributed by atoms with van der Waals surface area (Å²) in [5.74, 6) is 0.196. The van der Waals surface area contributed by atoms with Gasteiger partial charge in [0.25, 0.3) is 0 Å². The average Bonchev–Trinajstić information content (AvgIpc) is 2.62. The standard InChI is InChI=1S/C14H26N2O/c1-16(12-8-4-2-3-5-9-12)13(17)14(15)10-6-7-11-14/h12H,2-11,15H2,1H3. The van der Waals surface area contributed by atoms with Crippen LogP contribution in [-0.4, -0.2) is 29.4 Å². The summed E-state index contributed by atoms with van der Waals surface area (Å²) in [6.07, 6.45) is 11.5. The maximum absolute atomic E-state index is 12.5. The van der Waals surface area contributed by atoms with Crippen molar-refractivity contribution in [3.05, 3.63) is 0 Å². The summed E-state index contributed by atoms with van der Waals surface area (Å²) in [4.78, 5) is 14.4. The molecule has 2 fully saturated rings. The van der Waals surface area contributed by atoms with Gasteiger partial charge < -0.3 is 10.6 Å². The molecule has 0 heterocycles. The van der Waals surface area contributed by atoms with Crippen molar-refractivity contribution in [2.24, 2.45) is 5.73 Å². The Morgan fingerprint density at radius 1 is 1.06 bits per heavy atom. The molecule has 0 aromatic heterocycles. The van der Waals surface area contributed by atoms with Gasteiger partial charge in [-0.3, -0.25) is 4.79 Å². The highest BCUT2D eigenvalue weighted by atomic mass is 16.2. The van der Waals surface area contributed by atoms with E-state index in [-0.39, 0.29) is 5.91 Å². The highest BCUT2D eigenvalue weighted by molar-refractivity contribution is 5.86. The van der Waals surface area contributed by atoms with Gasteiger partial charge in [0.15, 0.2) is 0 Å². The lowest BCUT2D eigenvalue weighted by Crippen LogP contribution is -2.54. The summed E-state index contributed by atoms with van der Waals surface area (Å²) < 4.78 is 0. The number of hydrogen-bond acceptors (Lipinski definition) is 2. The third-order valence-electron chi connectivity index (χ3n) is 4.61. The molecular formula is C14H26N2O. The molecule has 1 amide bonds. The lowest BCUT2D eigenvalue weighted by molar-refractivity contribution is -0.137. The molecule has 2 saturated carbocycles. The Labute approximate surface area is 105 Å². The summed E-state index contributed by atoms with van der Waals surface area (Å²) in [5, 5.41) is 0. The number of nitrogens with two attached hydrogens (primary N) is 1. The van der Waals surface area contributed by atoms with E-state index in [1.54, 1.807) is 0 Å². The fourth-order valence-electron chi connectivity index (χ4n) is 3.38. The molecule has 0 spiro atoms. The average molecular weight is 238 g/mol. The fourth-order valence-corrected chi connectivity index (χ4v) is 3.38. The lowest BCUT2D eigenvalue weighted by atomic mass is 9.95. The first-order valence-corrected chi connectivity index (χ1v) is 7.20. The van der Waals surface area contributed by atoms with E-state index >= 15 is 0 Å². The molecule has 3 heteroatoms. The molecule has 0 aromatic carbocycles. The van der Waals surface area contributed by atoms with Crippen molar-refractivity contribution in [3.63, 3.8) is 0 Å². The maximum Gasteiger partial charge on any atom is 0.242 e. The number of carbonyl (C=O) groups is 1. The molecule has 0 bridgehead atoms. The first-order valence-electron chi connectivity index (χ1n) is 7.20. The molecule has 2 aliphatic rings. The zero-order valence-electron chi connectivity index (χ0n) is 11.1. The van der Waals surface area contributed by atoms with Crippen molar-refractivity contribution < 1.29 is 4.79 Å². The van der Waals surface area contributed by atoms with Crippen LogP contribution in [0.5, 0.6) is 0 Å². The van der Waals surface area contributed by atoms with Crippen LogP contribution in [0.3, 0.4) is 0 Å². The normalized spacial score (nSPS) is 25.5. The molecule has 0 unspecified atom stereocenters. The Balaban J connectivity index is 1.97. The number of amides is 1. The van der Waals surface area contributed by atoms with Gasteiger partial charge in [-0.05, 0) is 25.7 Å². The molecule has 3 nitrogen and oxygen atoms in total. The predicted molar refractivity (Wildman–Crippen MR) is 69.6 cm³/mol. The van der Waals surface area contributed by atoms with Gasteiger partial charge in [0.1, 0.15) is 0 Å². The van der Waals surface area contributed by atoms with Gasteiger partial charge in [-0.2, -0.15) is 0 Å². The lowest BCUT2D eigenvalue weighted by Gasteiger charge is -2.34. The quantitative estimate of drug-likeness (QED) is 0.751. The summed E-state index contributed by atoms with van der Waals surface area (Å²) >= 11 is 0. The first kappa shape index (κ1) is 12.9. The molecule has 0 saturated heterocycles. The summed E-state index contributed by atoms with van der Waals surface area (Å²) in [5.41, 5.74) is 5.72. The van der Waals surface area contributed by atoms with Crippen LogP contribution in [0.15, 0.2) is 0 Å². The second kappa shape index (κ2) is 5.38. The van der Waals surface area contributed by atoms with Gasteiger partial charge in [0, 0.05) is 13.1 Å². The molecule has 0 atom stereocenters. The molecule has 2 rings (SSSR count). The smallest absolute Gasteiger partial charge is 0.242 e. The molecular weight excluding hydrogens is 212 g/mol. The largest absolute Gasteiger partial charge is 0.341 e. The third kappa shape index (κ3) is 2.82. The van der Waals surface area contributed by atoms with E-state index in [1.807, 2.05) is 11.9 Å². The zero-order chi connectivity index (χ0) is 12.3. The predicted octanol–water partition coefficient (Wildman–Crippen LogP) is 2.44. The summed E-state index contributed by atoms with van der Waals surface area (Å²) in [6, 6.07) is 0.436. The third-order valence-corrected chi connectivity index (χ3v) is 4.61. The number of likely N-dealkylation sites (N-methyl/N-ethyl adjacent to an activating group) is 1. The SMILES string of the molecule is CN(C(=O)C1(N)CCCC1)C1CCCCCC1. The van der Waals surface area contributed by atoms with Crippen LogP contribution in [0.4, 0.5) is 0 Å². The van der Waals surface area contributed by atoms with Crippen molar-refractivity contribution in [2.75, 3.05) is 7.05 Å². The molecule has 2 aliphatic carbocycles. The van der Waals surface area contributed by atoms with Gasteiger partial charge in [-0.15, -0.1) is 0 Å². The van der Waals surface area contributed by atoms with E-state index in [0.29, 0.717) is 6.04 Å². The van der Waals surface area contributed by atoms with Gasteiger partial charge in [0.2, 0.25) is 5.91 Å². The van der Waals surface area contributed by atoms with Crippen LogP contribution in [-0.2, 0) is 4.79 Å². The van der Waals surface area contributed by atoms with Crippen LogP contribution in [0.25, 0.3) is 0 Å². The van der Waals surface area contributed by atoms with Crippen LogP contribution >= 0.6 is 0 Å². The molecule has 0 radical (unpaired) electrons. The van der Waals surface area contributed by atoms with E-state index in [1.165, 1.54) is 38.5 Å². The van der Waals surface area contributed by atoms with E-state index in [2.05, 4.69) is 0 Å². The number of hydrogen-bond donors (Lipinski definition) is 1. The Kier molecular flexibility index (Phi) is 4.08. The van der Waals surface area contributed by atoms with E-state index < -0.39 is 5.54 Å². The topological polar surface area (TPSA) is 46.3 Å². The van der Waals surface area contributed by atoms with Crippen molar-refractivity contribution >= 4 is 5.91 Å². The molecule has 17 heavy (non-hydrogen) atoms. The molecule has 2 N–H and O–H groups in total. The monoisotopic (exact) mass is 238 g/mol. The molecule has 0 aromatic rings. The van der Waals surface area contributed by atoms with Gasteiger partial charge >= 0.3 is 0 Å². The Morgan fingerprint density at radius 2 is 1.59 bits per heavy atom. The van der Waals surface area contributed by atoms with E-state index in [9.17, 15) is 4.79 Å². The van der Waals surface area contributed by atoms with Crippen LogP contribution in [0.2, 0.25) is 0 Å². The number of nitrogens with zero attached hydrogens (tertiary/aromatic N) is 1. The van der Waals surface area contributed by atoms with Crippen molar-refractivity contribution in [3.8, 4) is 0 Å². The minimum atomic E-state index is -0.541. The van der Waals surface area contributed by atoms with Crippen molar-refractivity contribution in [2.45, 2.75) is 75.8 Å². The maximum atomic E-state index is 12.5. The highest BCUT2D eigenvalue weighted by Crippen LogP contribution is 2.30. The summed E-state index contributed by atoms with van der Waals surface area (Å²) in [6.45, 7) is 0. The second-order valence-electron chi connectivity index (χ2n) is 5.92. The van der Waals surface area contributed by atoms with Crippen LogP contribution in [0, 0.1) is 0 Å². The van der Waals surface area contributed by atoms with Gasteiger partial charge in [-0.25, -0.2) is 0 Å². The van der Waals surface area contributed by atoms with Crippen LogP contribution in [0.1, 0.15) is 64.2 Å². The minimum Gasteiger partial charge on any atom is -0.341 e. The molecule has 0 aliphatic heterocycles. The van der Waals surface area contributed by atoms with Crippen molar-refractivity contribution in [1.29, 1.82) is 0 Å². The zero-order valence-corrected chi connectivity index (χ0v) is 11.1. The Bertz CT molecular complexity index is 263. The van der Waals surface area contributed by atoms with E-state index in [4.69, 9.17) is 5.73 Å². The Morgan fingerprint density at radius 3 is 2.12 bits per heavy atom. The second-order valence-corrected chi connectivity index (χ2v) is 5.92. The van der Waals surface area contributed by atoms with E-state index in [0.717, 1.165) is 25.7 Å². The minimum absolute atomic E-state index is 0.196.